The first-order valence-corrected chi connectivity index (χ1v) is 5.95. The Morgan fingerprint density at radius 1 is 1.06 bits per heavy atom. The Morgan fingerprint density at radius 2 is 1.83 bits per heavy atom. The summed E-state index contributed by atoms with van der Waals surface area (Å²) in [6.07, 6.45) is 0.673. The maximum absolute atomic E-state index is 5.94. The van der Waals surface area contributed by atoms with E-state index in [9.17, 15) is 0 Å². The quantitative estimate of drug-likeness (QED) is 0.769. The van der Waals surface area contributed by atoms with Crippen LogP contribution in [-0.2, 0) is 6.42 Å². The van der Waals surface area contributed by atoms with Crippen molar-refractivity contribution in [2.24, 2.45) is 0 Å². The molecule has 3 aromatic rings. The van der Waals surface area contributed by atoms with Gasteiger partial charge in [-0.25, -0.2) is 0 Å². The highest BCUT2D eigenvalue weighted by Gasteiger charge is 2.08. The van der Waals surface area contributed by atoms with Gasteiger partial charge in [-0.15, -0.1) is 10.2 Å². The lowest BCUT2D eigenvalue weighted by molar-refractivity contribution is 0.939. The van der Waals surface area contributed by atoms with Crippen LogP contribution >= 0.6 is 11.6 Å². The molecule has 4 nitrogen and oxygen atoms in total. The number of benzene rings is 1. The van der Waals surface area contributed by atoms with Crippen molar-refractivity contribution in [2.75, 3.05) is 5.73 Å². The van der Waals surface area contributed by atoms with Gasteiger partial charge in [-0.2, -0.15) is 0 Å². The standard InChI is InChI=1S/C13H11ClN4/c14-10-6-4-9(5-7-10)8-13-17-16-12-3-1-2-11(15)18(12)13/h1-7H,8,15H2. The Morgan fingerprint density at radius 3 is 2.61 bits per heavy atom. The Balaban J connectivity index is 2.02. The number of pyridine rings is 1. The van der Waals surface area contributed by atoms with Crippen LogP contribution < -0.4 is 5.73 Å². The van der Waals surface area contributed by atoms with E-state index in [2.05, 4.69) is 10.2 Å². The average molecular weight is 259 g/mol. The zero-order valence-corrected chi connectivity index (χ0v) is 10.3. The molecule has 5 heteroatoms. The number of rotatable bonds is 2. The molecule has 0 radical (unpaired) electrons. The molecule has 1 aromatic carbocycles. The van der Waals surface area contributed by atoms with E-state index in [-0.39, 0.29) is 0 Å². The predicted molar refractivity (Wildman–Crippen MR) is 71.7 cm³/mol. The Kier molecular flexibility index (Phi) is 2.64. The number of nitrogens with two attached hydrogens (primary N) is 1. The smallest absolute Gasteiger partial charge is 0.162 e. The van der Waals surface area contributed by atoms with Crippen molar-refractivity contribution in [2.45, 2.75) is 6.42 Å². The predicted octanol–water partition coefficient (Wildman–Crippen LogP) is 2.56. The third kappa shape index (κ3) is 1.91. The van der Waals surface area contributed by atoms with Crippen molar-refractivity contribution in [3.63, 3.8) is 0 Å². The van der Waals surface area contributed by atoms with Gasteiger partial charge in [-0.05, 0) is 29.8 Å². The number of hydrogen-bond acceptors (Lipinski definition) is 3. The van der Waals surface area contributed by atoms with Crippen LogP contribution in [0.1, 0.15) is 11.4 Å². The largest absolute Gasteiger partial charge is 0.385 e. The summed E-state index contributed by atoms with van der Waals surface area (Å²) in [5.41, 5.74) is 7.83. The number of fused-ring (bicyclic) bond motifs is 1. The van der Waals surface area contributed by atoms with E-state index in [0.29, 0.717) is 12.2 Å². The SMILES string of the molecule is Nc1cccc2nnc(Cc3ccc(Cl)cc3)n12. The third-order valence-electron chi connectivity index (χ3n) is 2.80. The molecule has 0 atom stereocenters. The lowest BCUT2D eigenvalue weighted by Crippen LogP contribution is -2.01. The molecule has 0 aliphatic carbocycles. The molecule has 0 amide bonds. The summed E-state index contributed by atoms with van der Waals surface area (Å²) in [4.78, 5) is 0. The van der Waals surface area contributed by atoms with Crippen molar-refractivity contribution >= 4 is 23.1 Å². The molecule has 18 heavy (non-hydrogen) atoms. The zero-order valence-electron chi connectivity index (χ0n) is 9.55. The van der Waals surface area contributed by atoms with Gasteiger partial charge in [0.1, 0.15) is 11.6 Å². The summed E-state index contributed by atoms with van der Waals surface area (Å²) in [7, 11) is 0. The van der Waals surface area contributed by atoms with Crippen LogP contribution in [0.3, 0.4) is 0 Å². The molecule has 0 aliphatic rings. The van der Waals surface area contributed by atoms with Gasteiger partial charge in [0.25, 0.3) is 0 Å². The summed E-state index contributed by atoms with van der Waals surface area (Å²) in [6.45, 7) is 0. The van der Waals surface area contributed by atoms with E-state index in [1.165, 1.54) is 0 Å². The van der Waals surface area contributed by atoms with E-state index in [4.69, 9.17) is 17.3 Å². The van der Waals surface area contributed by atoms with Gasteiger partial charge in [0.2, 0.25) is 0 Å². The van der Waals surface area contributed by atoms with E-state index in [0.717, 1.165) is 22.1 Å². The second kappa shape index (κ2) is 4.31. The van der Waals surface area contributed by atoms with Gasteiger partial charge >= 0.3 is 0 Å². The van der Waals surface area contributed by atoms with E-state index < -0.39 is 0 Å². The lowest BCUT2D eigenvalue weighted by Gasteiger charge is -2.03. The van der Waals surface area contributed by atoms with Gasteiger partial charge in [0.15, 0.2) is 5.65 Å². The monoisotopic (exact) mass is 258 g/mol. The fourth-order valence-electron chi connectivity index (χ4n) is 1.93. The van der Waals surface area contributed by atoms with Crippen LogP contribution in [0.25, 0.3) is 5.65 Å². The molecule has 2 heterocycles. The van der Waals surface area contributed by atoms with Crippen LogP contribution in [0.5, 0.6) is 0 Å². The summed E-state index contributed by atoms with van der Waals surface area (Å²) in [6, 6.07) is 13.3. The Bertz CT molecular complexity index is 688. The highest BCUT2D eigenvalue weighted by molar-refractivity contribution is 6.30. The van der Waals surface area contributed by atoms with Gasteiger partial charge in [0.05, 0.1) is 0 Å². The van der Waals surface area contributed by atoms with Crippen molar-refractivity contribution < 1.29 is 0 Å². The number of halogens is 1. The molecule has 0 saturated heterocycles. The molecule has 2 aromatic heterocycles. The first-order valence-electron chi connectivity index (χ1n) is 5.57. The molecule has 0 fully saturated rings. The molecular weight excluding hydrogens is 248 g/mol. The zero-order chi connectivity index (χ0) is 12.5. The van der Waals surface area contributed by atoms with Crippen molar-refractivity contribution in [1.29, 1.82) is 0 Å². The summed E-state index contributed by atoms with van der Waals surface area (Å²) in [5, 5.41) is 9.00. The fraction of sp³-hybridized carbons (Fsp3) is 0.0769. The number of anilines is 1. The minimum absolute atomic E-state index is 0.640. The van der Waals surface area contributed by atoms with Crippen LogP contribution in [0.2, 0.25) is 5.02 Å². The maximum Gasteiger partial charge on any atom is 0.162 e. The highest BCUT2D eigenvalue weighted by Crippen LogP contribution is 2.15. The number of aromatic nitrogens is 3. The molecule has 0 aliphatic heterocycles. The first-order chi connectivity index (χ1) is 8.74. The van der Waals surface area contributed by atoms with Gasteiger partial charge in [0, 0.05) is 11.4 Å². The molecular formula is C13H11ClN4. The van der Waals surface area contributed by atoms with Crippen molar-refractivity contribution in [1.82, 2.24) is 14.6 Å². The maximum atomic E-state index is 5.94. The Labute approximate surface area is 109 Å². The molecule has 0 saturated carbocycles. The molecule has 0 unspecified atom stereocenters. The molecule has 0 bridgehead atoms. The topological polar surface area (TPSA) is 56.2 Å². The number of nitrogens with zero attached hydrogens (tertiary/aromatic N) is 3. The Hall–Kier alpha value is -2.07. The molecule has 0 spiro atoms. The second-order valence-corrected chi connectivity index (χ2v) is 4.50. The molecule has 90 valence electrons. The van der Waals surface area contributed by atoms with Crippen molar-refractivity contribution in [3.05, 3.63) is 58.9 Å². The first kappa shape index (κ1) is 11.0. The third-order valence-corrected chi connectivity index (χ3v) is 3.05. The highest BCUT2D eigenvalue weighted by atomic mass is 35.5. The van der Waals surface area contributed by atoms with E-state index in [1.54, 1.807) is 0 Å². The van der Waals surface area contributed by atoms with Crippen LogP contribution in [0.4, 0.5) is 5.82 Å². The number of hydrogen-bond donors (Lipinski definition) is 1. The summed E-state index contributed by atoms with van der Waals surface area (Å²) in [5.74, 6) is 1.46. The van der Waals surface area contributed by atoms with Gasteiger partial charge in [-0.1, -0.05) is 29.8 Å². The molecule has 3 rings (SSSR count). The average Bonchev–Trinajstić information content (AvgIpc) is 2.77. The van der Waals surface area contributed by atoms with Crippen LogP contribution in [0.15, 0.2) is 42.5 Å². The van der Waals surface area contributed by atoms with Crippen LogP contribution in [0, 0.1) is 0 Å². The van der Waals surface area contributed by atoms with Gasteiger partial charge in [-0.3, -0.25) is 4.40 Å². The summed E-state index contributed by atoms with van der Waals surface area (Å²) < 4.78 is 1.86. The van der Waals surface area contributed by atoms with E-state index in [1.807, 2.05) is 46.9 Å². The minimum Gasteiger partial charge on any atom is -0.385 e. The molecule has 2 N–H and O–H groups in total. The minimum atomic E-state index is 0.640. The normalized spacial score (nSPS) is 10.9. The van der Waals surface area contributed by atoms with Crippen molar-refractivity contribution in [3.8, 4) is 0 Å². The van der Waals surface area contributed by atoms with Gasteiger partial charge < -0.3 is 5.73 Å². The summed E-state index contributed by atoms with van der Waals surface area (Å²) >= 11 is 5.86. The fourth-order valence-corrected chi connectivity index (χ4v) is 2.05. The lowest BCUT2D eigenvalue weighted by atomic mass is 10.1. The van der Waals surface area contributed by atoms with E-state index >= 15 is 0 Å². The van der Waals surface area contributed by atoms with Crippen LogP contribution in [-0.4, -0.2) is 14.6 Å². The second-order valence-electron chi connectivity index (χ2n) is 4.06. The number of nitrogen functional groups attached to an aromatic ring is 1.